The first-order valence-electron chi connectivity index (χ1n) is 9.07. The quantitative estimate of drug-likeness (QED) is 0.421. The van der Waals surface area contributed by atoms with Crippen LogP contribution in [0, 0.1) is 0 Å². The van der Waals surface area contributed by atoms with E-state index in [4.69, 9.17) is 11.6 Å². The summed E-state index contributed by atoms with van der Waals surface area (Å²) in [5.41, 5.74) is 2.51. The number of hydrogen-bond donors (Lipinski definition) is 2. The number of anilines is 2. The summed E-state index contributed by atoms with van der Waals surface area (Å²) in [4.78, 5) is 29.2. The van der Waals surface area contributed by atoms with Gasteiger partial charge >= 0.3 is 0 Å². The Morgan fingerprint density at radius 1 is 1.03 bits per heavy atom. The van der Waals surface area contributed by atoms with E-state index < -0.39 is 0 Å². The number of thiazole rings is 1. The normalized spacial score (nSPS) is 10.6. The first kappa shape index (κ1) is 21.4. The molecule has 8 heteroatoms. The van der Waals surface area contributed by atoms with Crippen molar-refractivity contribution in [3.63, 3.8) is 0 Å². The summed E-state index contributed by atoms with van der Waals surface area (Å²) in [6, 6.07) is 14.9. The Balaban J connectivity index is 1.49. The standard InChI is InChI=1S/C21H20ClN3O2S2/c1-2-3-19(26)23-16-8-10-17(11-9-16)28-13-20(27)25-21-24-18(12-29-21)14-4-6-15(22)7-5-14/h4-12H,2-3,13H2,1H3,(H,23,26)(H,24,25,27). The molecule has 0 radical (unpaired) electrons. The van der Waals surface area contributed by atoms with E-state index >= 15 is 0 Å². The summed E-state index contributed by atoms with van der Waals surface area (Å²) >= 11 is 8.72. The zero-order chi connectivity index (χ0) is 20.6. The number of hydrogen-bond acceptors (Lipinski definition) is 5. The van der Waals surface area contributed by atoms with Gasteiger partial charge in [-0.25, -0.2) is 4.98 Å². The Hall–Kier alpha value is -2.35. The molecule has 29 heavy (non-hydrogen) atoms. The van der Waals surface area contributed by atoms with Crippen LogP contribution in [-0.2, 0) is 9.59 Å². The molecule has 0 saturated carbocycles. The van der Waals surface area contributed by atoms with Gasteiger partial charge in [0.25, 0.3) is 0 Å². The van der Waals surface area contributed by atoms with E-state index in [0.717, 1.165) is 28.3 Å². The van der Waals surface area contributed by atoms with Crippen molar-refractivity contribution in [3.8, 4) is 11.3 Å². The molecule has 0 atom stereocenters. The summed E-state index contributed by atoms with van der Waals surface area (Å²) in [6.07, 6.45) is 1.32. The van der Waals surface area contributed by atoms with Crippen LogP contribution in [0.4, 0.5) is 10.8 Å². The SMILES string of the molecule is CCCC(=O)Nc1ccc(SCC(=O)Nc2nc(-c3ccc(Cl)cc3)cs2)cc1. The third kappa shape index (κ3) is 6.59. The van der Waals surface area contributed by atoms with Gasteiger partial charge in [-0.3, -0.25) is 9.59 Å². The van der Waals surface area contributed by atoms with Crippen LogP contribution in [0.2, 0.25) is 5.02 Å². The molecule has 5 nitrogen and oxygen atoms in total. The lowest BCUT2D eigenvalue weighted by molar-refractivity contribution is -0.116. The first-order chi connectivity index (χ1) is 14.0. The highest BCUT2D eigenvalue weighted by molar-refractivity contribution is 8.00. The molecule has 3 rings (SSSR count). The monoisotopic (exact) mass is 445 g/mol. The molecule has 0 aliphatic rings. The molecule has 2 aromatic carbocycles. The van der Waals surface area contributed by atoms with Crippen molar-refractivity contribution >= 4 is 57.3 Å². The van der Waals surface area contributed by atoms with Gasteiger partial charge in [0.1, 0.15) is 0 Å². The van der Waals surface area contributed by atoms with Crippen LogP contribution in [0.3, 0.4) is 0 Å². The Morgan fingerprint density at radius 2 is 1.76 bits per heavy atom. The number of nitrogens with zero attached hydrogens (tertiary/aromatic N) is 1. The lowest BCUT2D eigenvalue weighted by atomic mass is 10.2. The Kier molecular flexibility index (Phi) is 7.69. The second-order valence-electron chi connectivity index (χ2n) is 6.20. The zero-order valence-electron chi connectivity index (χ0n) is 15.8. The maximum absolute atomic E-state index is 12.2. The number of halogens is 1. The molecular formula is C21H20ClN3O2S2. The molecule has 0 fully saturated rings. The number of carbonyl (C=O) groups is 2. The van der Waals surface area contributed by atoms with Crippen molar-refractivity contribution in [2.75, 3.05) is 16.4 Å². The summed E-state index contributed by atoms with van der Waals surface area (Å²) < 4.78 is 0. The van der Waals surface area contributed by atoms with Crippen molar-refractivity contribution in [3.05, 3.63) is 58.9 Å². The molecule has 0 saturated heterocycles. The molecule has 2 amide bonds. The maximum Gasteiger partial charge on any atom is 0.236 e. The topological polar surface area (TPSA) is 71.1 Å². The number of aromatic nitrogens is 1. The van der Waals surface area contributed by atoms with E-state index in [0.29, 0.717) is 16.6 Å². The molecule has 0 aliphatic carbocycles. The van der Waals surface area contributed by atoms with Crippen LogP contribution in [0.25, 0.3) is 11.3 Å². The molecule has 150 valence electrons. The molecular weight excluding hydrogens is 426 g/mol. The van der Waals surface area contributed by atoms with Gasteiger partial charge in [0, 0.05) is 33.0 Å². The fourth-order valence-corrected chi connectivity index (χ4v) is 4.03. The smallest absolute Gasteiger partial charge is 0.236 e. The fraction of sp³-hybridized carbons (Fsp3) is 0.190. The molecule has 0 bridgehead atoms. The van der Waals surface area contributed by atoms with Crippen LogP contribution < -0.4 is 10.6 Å². The molecule has 2 N–H and O–H groups in total. The molecule has 0 aliphatic heterocycles. The van der Waals surface area contributed by atoms with Gasteiger partial charge < -0.3 is 10.6 Å². The van der Waals surface area contributed by atoms with E-state index in [1.54, 1.807) is 0 Å². The fourth-order valence-electron chi connectivity index (χ4n) is 2.47. The highest BCUT2D eigenvalue weighted by atomic mass is 35.5. The third-order valence-electron chi connectivity index (χ3n) is 3.88. The van der Waals surface area contributed by atoms with Gasteiger partial charge in [0.15, 0.2) is 5.13 Å². The molecule has 3 aromatic rings. The lowest BCUT2D eigenvalue weighted by Gasteiger charge is -2.06. The second kappa shape index (κ2) is 10.4. The number of thioether (sulfide) groups is 1. The Bertz CT molecular complexity index is 972. The Labute approximate surface area is 182 Å². The van der Waals surface area contributed by atoms with Gasteiger partial charge in [0.2, 0.25) is 11.8 Å². The van der Waals surface area contributed by atoms with E-state index in [1.165, 1.54) is 23.1 Å². The van der Waals surface area contributed by atoms with Gasteiger partial charge in [-0.2, -0.15) is 0 Å². The van der Waals surface area contributed by atoms with Crippen molar-refractivity contribution in [2.45, 2.75) is 24.7 Å². The van der Waals surface area contributed by atoms with Gasteiger partial charge in [0.05, 0.1) is 11.4 Å². The van der Waals surface area contributed by atoms with Gasteiger partial charge in [-0.1, -0.05) is 30.7 Å². The van der Waals surface area contributed by atoms with Crippen molar-refractivity contribution < 1.29 is 9.59 Å². The number of benzene rings is 2. The number of amides is 2. The number of nitrogens with one attached hydrogen (secondary N) is 2. The van der Waals surface area contributed by atoms with Crippen LogP contribution in [0.15, 0.2) is 58.8 Å². The molecule has 0 spiro atoms. The third-order valence-corrected chi connectivity index (χ3v) is 5.90. The van der Waals surface area contributed by atoms with Gasteiger partial charge in [-0.15, -0.1) is 23.1 Å². The number of carbonyl (C=O) groups excluding carboxylic acids is 2. The van der Waals surface area contributed by atoms with E-state index in [2.05, 4.69) is 15.6 Å². The molecule has 1 aromatic heterocycles. The van der Waals surface area contributed by atoms with Crippen molar-refractivity contribution in [2.24, 2.45) is 0 Å². The lowest BCUT2D eigenvalue weighted by Crippen LogP contribution is -2.13. The van der Waals surface area contributed by atoms with Crippen LogP contribution in [0.5, 0.6) is 0 Å². The van der Waals surface area contributed by atoms with Crippen LogP contribution >= 0.6 is 34.7 Å². The summed E-state index contributed by atoms with van der Waals surface area (Å²) in [7, 11) is 0. The predicted molar refractivity (Wildman–Crippen MR) is 122 cm³/mol. The number of rotatable bonds is 8. The summed E-state index contributed by atoms with van der Waals surface area (Å²) in [5.74, 6) is 0.165. The summed E-state index contributed by atoms with van der Waals surface area (Å²) in [5, 5.41) is 8.81. The minimum Gasteiger partial charge on any atom is -0.326 e. The maximum atomic E-state index is 12.2. The van der Waals surface area contributed by atoms with Gasteiger partial charge in [-0.05, 0) is 42.8 Å². The van der Waals surface area contributed by atoms with E-state index in [1.807, 2.05) is 60.8 Å². The highest BCUT2D eigenvalue weighted by Gasteiger charge is 2.09. The second-order valence-corrected chi connectivity index (χ2v) is 8.55. The minimum atomic E-state index is -0.118. The Morgan fingerprint density at radius 3 is 2.45 bits per heavy atom. The molecule has 1 heterocycles. The highest BCUT2D eigenvalue weighted by Crippen LogP contribution is 2.26. The predicted octanol–water partition coefficient (Wildman–Crippen LogP) is 5.93. The first-order valence-corrected chi connectivity index (χ1v) is 11.3. The van der Waals surface area contributed by atoms with E-state index in [9.17, 15) is 9.59 Å². The minimum absolute atomic E-state index is 0.00805. The average Bonchev–Trinajstić information content (AvgIpc) is 3.16. The van der Waals surface area contributed by atoms with Crippen molar-refractivity contribution in [1.82, 2.24) is 4.98 Å². The van der Waals surface area contributed by atoms with Crippen LogP contribution in [0.1, 0.15) is 19.8 Å². The molecule has 0 unspecified atom stereocenters. The summed E-state index contributed by atoms with van der Waals surface area (Å²) in [6.45, 7) is 1.97. The largest absolute Gasteiger partial charge is 0.326 e. The van der Waals surface area contributed by atoms with E-state index in [-0.39, 0.29) is 17.6 Å². The zero-order valence-corrected chi connectivity index (χ0v) is 18.2. The van der Waals surface area contributed by atoms with Crippen LogP contribution in [-0.4, -0.2) is 22.6 Å². The van der Waals surface area contributed by atoms with Crippen molar-refractivity contribution in [1.29, 1.82) is 0 Å². The average molecular weight is 446 g/mol.